The predicted octanol–water partition coefficient (Wildman–Crippen LogP) is 8.93. The first kappa shape index (κ1) is 20.7. The van der Waals surface area contributed by atoms with Crippen LogP contribution < -0.4 is 0 Å². The van der Waals surface area contributed by atoms with E-state index < -0.39 is 0 Å². The van der Waals surface area contributed by atoms with Crippen molar-refractivity contribution in [2.24, 2.45) is 29.6 Å². The SMILES string of the molecule is C1CCC(C2CCCCC2)CC1.CCC1CCC(C2CCCCC2)CC1. The minimum absolute atomic E-state index is 1.08. The summed E-state index contributed by atoms with van der Waals surface area (Å²) in [6, 6.07) is 0. The van der Waals surface area contributed by atoms with Crippen LogP contribution >= 0.6 is 0 Å². The van der Waals surface area contributed by atoms with E-state index in [4.69, 9.17) is 0 Å². The topological polar surface area (TPSA) is 0 Å². The molecule has 0 atom stereocenters. The first-order valence-electron chi connectivity index (χ1n) is 12.9. The monoisotopic (exact) mass is 360 g/mol. The van der Waals surface area contributed by atoms with Crippen LogP contribution in [0.25, 0.3) is 0 Å². The second-order valence-corrected chi connectivity index (χ2v) is 10.4. The van der Waals surface area contributed by atoms with Gasteiger partial charge in [0.15, 0.2) is 0 Å². The zero-order valence-corrected chi connectivity index (χ0v) is 18.0. The standard InChI is InChI=1S/C14H26.C12H22/c1-2-12-8-10-14(11-9-12)13-6-4-3-5-7-13;1-3-7-11(8-4-1)12-9-5-2-6-10-12/h12-14H,2-11H2,1H3;11-12H,1-10H2. The summed E-state index contributed by atoms with van der Waals surface area (Å²) in [6.45, 7) is 2.37. The average Bonchev–Trinajstić information content (AvgIpc) is 2.76. The summed E-state index contributed by atoms with van der Waals surface area (Å²) >= 11 is 0. The van der Waals surface area contributed by atoms with Gasteiger partial charge in [-0.05, 0) is 42.4 Å². The largest absolute Gasteiger partial charge is 0.0651 e. The third kappa shape index (κ3) is 6.56. The van der Waals surface area contributed by atoms with Gasteiger partial charge in [0.1, 0.15) is 0 Å². The van der Waals surface area contributed by atoms with Crippen molar-refractivity contribution >= 4 is 0 Å². The van der Waals surface area contributed by atoms with E-state index in [1.54, 1.807) is 51.4 Å². The molecule has 0 heteroatoms. The average molecular weight is 361 g/mol. The van der Waals surface area contributed by atoms with Gasteiger partial charge in [-0.2, -0.15) is 0 Å². The molecular weight excluding hydrogens is 312 g/mol. The third-order valence-corrected chi connectivity index (χ3v) is 8.75. The van der Waals surface area contributed by atoms with Crippen LogP contribution in [0.3, 0.4) is 0 Å². The van der Waals surface area contributed by atoms with E-state index in [9.17, 15) is 0 Å². The Morgan fingerprint density at radius 2 is 0.692 bits per heavy atom. The van der Waals surface area contributed by atoms with E-state index in [2.05, 4.69) is 6.92 Å². The van der Waals surface area contributed by atoms with E-state index in [0.717, 1.165) is 29.6 Å². The van der Waals surface area contributed by atoms with E-state index >= 15 is 0 Å². The summed E-state index contributed by atoms with van der Waals surface area (Å²) < 4.78 is 0. The minimum atomic E-state index is 1.08. The second kappa shape index (κ2) is 11.8. The third-order valence-electron chi connectivity index (χ3n) is 8.75. The van der Waals surface area contributed by atoms with Gasteiger partial charge in [0, 0.05) is 0 Å². The molecule has 4 aliphatic carbocycles. The summed E-state index contributed by atoms with van der Waals surface area (Å²) in [5.41, 5.74) is 0. The quantitative estimate of drug-likeness (QED) is 0.471. The molecule has 0 saturated heterocycles. The number of rotatable bonds is 3. The molecule has 0 heterocycles. The fourth-order valence-electron chi connectivity index (χ4n) is 6.88. The van der Waals surface area contributed by atoms with Gasteiger partial charge in [-0.1, -0.05) is 122 Å². The van der Waals surface area contributed by atoms with Crippen molar-refractivity contribution in [1.82, 2.24) is 0 Å². The van der Waals surface area contributed by atoms with Crippen molar-refractivity contribution in [3.8, 4) is 0 Å². The molecule has 26 heavy (non-hydrogen) atoms. The fourth-order valence-corrected chi connectivity index (χ4v) is 6.88. The van der Waals surface area contributed by atoms with E-state index in [1.807, 2.05) is 0 Å². The van der Waals surface area contributed by atoms with Gasteiger partial charge in [0.2, 0.25) is 0 Å². The van der Waals surface area contributed by atoms with Crippen molar-refractivity contribution in [1.29, 1.82) is 0 Å². The lowest BCUT2D eigenvalue weighted by molar-refractivity contribution is 0.165. The van der Waals surface area contributed by atoms with Crippen LogP contribution in [-0.2, 0) is 0 Å². The van der Waals surface area contributed by atoms with E-state index in [1.165, 1.54) is 77.0 Å². The molecule has 0 spiro atoms. The molecular formula is C26H48. The van der Waals surface area contributed by atoms with Crippen LogP contribution in [0.15, 0.2) is 0 Å². The highest BCUT2D eigenvalue weighted by atomic mass is 14.3. The molecule has 4 aliphatic rings. The zero-order chi connectivity index (χ0) is 18.0. The molecule has 4 fully saturated rings. The first-order valence-corrected chi connectivity index (χ1v) is 12.9. The van der Waals surface area contributed by atoms with Gasteiger partial charge in [0.05, 0.1) is 0 Å². The van der Waals surface area contributed by atoms with Crippen molar-refractivity contribution < 1.29 is 0 Å². The van der Waals surface area contributed by atoms with Gasteiger partial charge in [-0.3, -0.25) is 0 Å². The molecule has 0 radical (unpaired) electrons. The van der Waals surface area contributed by atoms with Crippen molar-refractivity contribution in [2.45, 2.75) is 135 Å². The van der Waals surface area contributed by atoms with Crippen molar-refractivity contribution in [3.63, 3.8) is 0 Å². The molecule has 4 rings (SSSR count). The highest BCUT2D eigenvalue weighted by Gasteiger charge is 2.27. The van der Waals surface area contributed by atoms with Gasteiger partial charge in [0.25, 0.3) is 0 Å². The Morgan fingerprint density at radius 1 is 0.385 bits per heavy atom. The lowest BCUT2D eigenvalue weighted by atomic mass is 9.71. The number of hydrogen-bond acceptors (Lipinski definition) is 0. The Bertz CT molecular complexity index is 317. The van der Waals surface area contributed by atoms with Gasteiger partial charge in [-0.15, -0.1) is 0 Å². The smallest absolute Gasteiger partial charge is 0.0386 e. The Morgan fingerprint density at radius 3 is 1.00 bits per heavy atom. The lowest BCUT2D eigenvalue weighted by Crippen LogP contribution is -2.23. The van der Waals surface area contributed by atoms with Crippen molar-refractivity contribution in [3.05, 3.63) is 0 Å². The maximum Gasteiger partial charge on any atom is -0.0386 e. The normalized spacial score (nSPS) is 32.7. The summed E-state index contributed by atoms with van der Waals surface area (Å²) in [6.07, 6.45) is 30.7. The maximum absolute atomic E-state index is 2.37. The summed E-state index contributed by atoms with van der Waals surface area (Å²) in [5.74, 6) is 5.60. The molecule has 0 amide bonds. The maximum atomic E-state index is 2.37. The fraction of sp³-hybridized carbons (Fsp3) is 1.00. The molecule has 0 aromatic rings. The molecule has 152 valence electrons. The second-order valence-electron chi connectivity index (χ2n) is 10.4. The highest BCUT2D eigenvalue weighted by Crippen LogP contribution is 2.40. The molecule has 0 nitrogen and oxygen atoms in total. The zero-order valence-electron chi connectivity index (χ0n) is 18.0. The predicted molar refractivity (Wildman–Crippen MR) is 115 cm³/mol. The van der Waals surface area contributed by atoms with Crippen molar-refractivity contribution in [2.75, 3.05) is 0 Å². The van der Waals surface area contributed by atoms with Gasteiger partial charge >= 0.3 is 0 Å². The van der Waals surface area contributed by atoms with Crippen LogP contribution in [-0.4, -0.2) is 0 Å². The lowest BCUT2D eigenvalue weighted by Gasteiger charge is -2.35. The molecule has 0 unspecified atom stereocenters. The van der Waals surface area contributed by atoms with Gasteiger partial charge in [-0.25, -0.2) is 0 Å². The number of hydrogen-bond donors (Lipinski definition) is 0. The first-order chi connectivity index (χ1) is 12.9. The van der Waals surface area contributed by atoms with Crippen LogP contribution in [0.4, 0.5) is 0 Å². The molecule has 0 aliphatic heterocycles. The van der Waals surface area contributed by atoms with E-state index in [0.29, 0.717) is 0 Å². The molecule has 0 aromatic carbocycles. The van der Waals surface area contributed by atoms with E-state index in [-0.39, 0.29) is 0 Å². The molecule has 0 N–H and O–H groups in total. The summed E-state index contributed by atoms with van der Waals surface area (Å²) in [4.78, 5) is 0. The van der Waals surface area contributed by atoms with Crippen LogP contribution in [0.2, 0.25) is 0 Å². The molecule has 0 bridgehead atoms. The highest BCUT2D eigenvalue weighted by molar-refractivity contribution is 4.79. The van der Waals surface area contributed by atoms with Crippen LogP contribution in [0.1, 0.15) is 135 Å². The Kier molecular flexibility index (Phi) is 9.37. The Labute approximate surface area is 165 Å². The molecule has 0 aromatic heterocycles. The Hall–Kier alpha value is 0. The van der Waals surface area contributed by atoms with Gasteiger partial charge < -0.3 is 0 Å². The Balaban J connectivity index is 0.000000152. The minimum Gasteiger partial charge on any atom is -0.0651 e. The summed E-state index contributed by atoms with van der Waals surface area (Å²) in [7, 11) is 0. The summed E-state index contributed by atoms with van der Waals surface area (Å²) in [5, 5.41) is 0. The molecule has 4 saturated carbocycles. The van der Waals surface area contributed by atoms with Crippen LogP contribution in [0.5, 0.6) is 0 Å². The van der Waals surface area contributed by atoms with Crippen LogP contribution in [0, 0.1) is 29.6 Å².